The van der Waals surface area contributed by atoms with Crippen LogP contribution in [0.3, 0.4) is 0 Å². The van der Waals surface area contributed by atoms with Crippen molar-refractivity contribution in [3.8, 4) is 0 Å². The zero-order valence-electron chi connectivity index (χ0n) is 18.6. The zero-order valence-corrected chi connectivity index (χ0v) is 20.1. The van der Waals surface area contributed by atoms with Crippen LogP contribution in [0.2, 0.25) is 4.34 Å². The Morgan fingerprint density at radius 1 is 0.879 bits per heavy atom. The number of carbonyl (C=O) groups is 2. The summed E-state index contributed by atoms with van der Waals surface area (Å²) in [4.78, 5) is 33.8. The number of amides is 4. The van der Waals surface area contributed by atoms with Crippen molar-refractivity contribution in [2.45, 2.75) is 13.5 Å². The van der Waals surface area contributed by atoms with E-state index in [9.17, 15) is 9.59 Å². The molecule has 4 rings (SSSR count). The summed E-state index contributed by atoms with van der Waals surface area (Å²) in [6.07, 6.45) is 0. The van der Waals surface area contributed by atoms with Gasteiger partial charge in [-0.1, -0.05) is 48.0 Å². The molecule has 4 amide bonds. The number of anilines is 2. The first kappa shape index (κ1) is 23.1. The number of urea groups is 2. The first-order valence-corrected chi connectivity index (χ1v) is 12.3. The first-order valence-electron chi connectivity index (χ1n) is 11.0. The predicted molar refractivity (Wildman–Crippen MR) is 134 cm³/mol. The number of halogens is 1. The lowest BCUT2D eigenvalue weighted by molar-refractivity contribution is 0.120. The van der Waals surface area contributed by atoms with Crippen LogP contribution in [0.1, 0.15) is 12.5 Å². The second kappa shape index (κ2) is 10.7. The van der Waals surface area contributed by atoms with Crippen molar-refractivity contribution in [3.05, 3.63) is 82.0 Å². The minimum atomic E-state index is -0.0836. The van der Waals surface area contributed by atoms with Crippen LogP contribution in [-0.4, -0.2) is 59.5 Å². The van der Waals surface area contributed by atoms with Crippen LogP contribution in [-0.2, 0) is 6.54 Å². The molecule has 8 heteroatoms. The maximum absolute atomic E-state index is 13.5. The van der Waals surface area contributed by atoms with E-state index in [4.69, 9.17) is 11.6 Å². The van der Waals surface area contributed by atoms with Crippen molar-refractivity contribution < 1.29 is 9.59 Å². The van der Waals surface area contributed by atoms with Gasteiger partial charge in [-0.25, -0.2) is 9.59 Å². The summed E-state index contributed by atoms with van der Waals surface area (Å²) in [6.45, 7) is 5.11. The fourth-order valence-electron chi connectivity index (χ4n) is 3.92. The van der Waals surface area contributed by atoms with Crippen LogP contribution in [0.5, 0.6) is 0 Å². The number of hydrogen-bond donors (Lipinski definition) is 0. The molecule has 33 heavy (non-hydrogen) atoms. The molecular weight excluding hydrogens is 456 g/mol. The van der Waals surface area contributed by atoms with E-state index in [1.165, 1.54) is 11.3 Å². The zero-order chi connectivity index (χ0) is 23.2. The van der Waals surface area contributed by atoms with E-state index in [1.807, 2.05) is 93.7 Å². The number of carbonyl (C=O) groups excluding carboxylic acids is 2. The van der Waals surface area contributed by atoms with Crippen molar-refractivity contribution in [2.24, 2.45) is 0 Å². The largest absolute Gasteiger partial charge is 0.329 e. The molecule has 0 atom stereocenters. The Hall–Kier alpha value is -3.03. The molecule has 1 fully saturated rings. The summed E-state index contributed by atoms with van der Waals surface area (Å²) < 4.78 is 0.724. The van der Waals surface area contributed by atoms with Gasteiger partial charge in [0, 0.05) is 39.3 Å². The third-order valence-corrected chi connectivity index (χ3v) is 6.83. The van der Waals surface area contributed by atoms with Gasteiger partial charge in [0.25, 0.3) is 0 Å². The van der Waals surface area contributed by atoms with Gasteiger partial charge in [0.15, 0.2) is 0 Å². The number of thiophene rings is 1. The van der Waals surface area contributed by atoms with Crippen LogP contribution in [0.15, 0.2) is 72.1 Å². The van der Waals surface area contributed by atoms with Gasteiger partial charge in [0.05, 0.1) is 15.7 Å². The van der Waals surface area contributed by atoms with Gasteiger partial charge in [0.2, 0.25) is 0 Å². The highest BCUT2D eigenvalue weighted by molar-refractivity contribution is 7.14. The lowest BCUT2D eigenvalue weighted by atomic mass is 10.2. The number of rotatable bonds is 5. The molecule has 0 N–H and O–H groups in total. The molecule has 1 aliphatic heterocycles. The molecule has 3 aromatic rings. The van der Waals surface area contributed by atoms with E-state index in [1.54, 1.807) is 4.90 Å². The number of piperazine rings is 1. The van der Waals surface area contributed by atoms with E-state index in [2.05, 4.69) is 0 Å². The van der Waals surface area contributed by atoms with Crippen molar-refractivity contribution >= 4 is 46.4 Å². The number of nitrogens with zero attached hydrogens (tertiary/aromatic N) is 4. The van der Waals surface area contributed by atoms with Gasteiger partial charge in [-0.2, -0.15) is 0 Å². The number of hydrogen-bond acceptors (Lipinski definition) is 3. The van der Waals surface area contributed by atoms with Crippen LogP contribution in [0.25, 0.3) is 0 Å². The summed E-state index contributed by atoms with van der Waals surface area (Å²) >= 11 is 7.51. The summed E-state index contributed by atoms with van der Waals surface area (Å²) in [5.74, 6) is 0. The van der Waals surface area contributed by atoms with Crippen LogP contribution < -0.4 is 4.90 Å². The molecule has 6 nitrogen and oxygen atoms in total. The topological polar surface area (TPSA) is 47.1 Å². The Bertz CT molecular complexity index is 1030. The monoisotopic (exact) mass is 482 g/mol. The third-order valence-electron chi connectivity index (χ3n) is 5.69. The molecule has 0 unspecified atom stereocenters. The molecule has 172 valence electrons. The Kier molecular flexibility index (Phi) is 7.52. The minimum absolute atomic E-state index is 0.00473. The predicted octanol–water partition coefficient (Wildman–Crippen LogP) is 5.92. The van der Waals surface area contributed by atoms with Crippen LogP contribution >= 0.6 is 22.9 Å². The molecule has 1 saturated heterocycles. The van der Waals surface area contributed by atoms with Crippen LogP contribution in [0, 0.1) is 0 Å². The molecular formula is C25H27ClN4O2S. The fourth-order valence-corrected chi connectivity index (χ4v) is 4.82. The average Bonchev–Trinajstić information content (AvgIpc) is 3.28. The maximum atomic E-state index is 13.5. The molecule has 0 spiro atoms. The molecule has 2 heterocycles. The number of benzene rings is 2. The van der Waals surface area contributed by atoms with E-state index in [0.29, 0.717) is 39.3 Å². The first-order chi connectivity index (χ1) is 16.1. The van der Waals surface area contributed by atoms with Crippen molar-refractivity contribution in [1.82, 2.24) is 14.7 Å². The normalized spacial score (nSPS) is 13.6. The number of para-hydroxylation sites is 2. The summed E-state index contributed by atoms with van der Waals surface area (Å²) in [7, 11) is 0. The molecule has 1 aliphatic rings. The molecule has 2 aromatic carbocycles. The van der Waals surface area contributed by atoms with Gasteiger partial charge in [-0.3, -0.25) is 4.90 Å². The second-order valence-electron chi connectivity index (χ2n) is 7.82. The highest BCUT2D eigenvalue weighted by Crippen LogP contribution is 2.27. The summed E-state index contributed by atoms with van der Waals surface area (Å²) in [5.41, 5.74) is 2.67. The van der Waals surface area contributed by atoms with Crippen molar-refractivity contribution in [1.29, 1.82) is 0 Å². The van der Waals surface area contributed by atoms with Gasteiger partial charge < -0.3 is 14.7 Å². The van der Waals surface area contributed by atoms with Gasteiger partial charge in [-0.05, 0) is 48.2 Å². The Balaban J connectivity index is 1.42. The lowest BCUT2D eigenvalue weighted by Crippen LogP contribution is -2.55. The van der Waals surface area contributed by atoms with Crippen LogP contribution in [0.4, 0.5) is 21.0 Å². The van der Waals surface area contributed by atoms with Crippen molar-refractivity contribution in [2.75, 3.05) is 37.6 Å². The molecule has 1 aromatic heterocycles. The molecule has 0 aliphatic carbocycles. The van der Waals surface area contributed by atoms with E-state index in [0.717, 1.165) is 21.3 Å². The fraction of sp³-hybridized carbons (Fsp3) is 0.280. The Labute approximate surface area is 203 Å². The maximum Gasteiger partial charge on any atom is 0.329 e. The smallest absolute Gasteiger partial charge is 0.321 e. The van der Waals surface area contributed by atoms with Gasteiger partial charge >= 0.3 is 12.1 Å². The van der Waals surface area contributed by atoms with Gasteiger partial charge in [0.1, 0.15) is 0 Å². The summed E-state index contributed by atoms with van der Waals surface area (Å²) in [6, 6.07) is 21.1. The Morgan fingerprint density at radius 3 is 1.85 bits per heavy atom. The van der Waals surface area contributed by atoms with E-state index < -0.39 is 0 Å². The molecule has 0 bridgehead atoms. The SMILES string of the molecule is CCN(Cc1csc(Cl)c1)C(=O)N1CCN(C(=O)N(c2ccccc2)c2ccccc2)CC1. The molecule has 0 radical (unpaired) electrons. The second-order valence-corrected chi connectivity index (χ2v) is 9.36. The van der Waals surface area contributed by atoms with Crippen molar-refractivity contribution in [3.63, 3.8) is 0 Å². The van der Waals surface area contributed by atoms with E-state index in [-0.39, 0.29) is 12.1 Å². The highest BCUT2D eigenvalue weighted by atomic mass is 35.5. The highest BCUT2D eigenvalue weighted by Gasteiger charge is 2.30. The standard InChI is InChI=1S/C25H27ClN4O2S/c1-2-27(18-20-17-23(26)33-19-20)24(31)28-13-15-29(16-14-28)25(32)30(21-9-5-3-6-10-21)22-11-7-4-8-12-22/h3-12,17,19H,2,13-16,18H2,1H3. The summed E-state index contributed by atoms with van der Waals surface area (Å²) in [5, 5.41) is 1.98. The lowest BCUT2D eigenvalue weighted by Gasteiger charge is -2.39. The quantitative estimate of drug-likeness (QED) is 0.453. The molecule has 0 saturated carbocycles. The third kappa shape index (κ3) is 5.49. The van der Waals surface area contributed by atoms with E-state index >= 15 is 0 Å². The minimum Gasteiger partial charge on any atom is -0.321 e. The van der Waals surface area contributed by atoms with Gasteiger partial charge in [-0.15, -0.1) is 11.3 Å². The average molecular weight is 483 g/mol. The Morgan fingerprint density at radius 2 is 1.39 bits per heavy atom.